The standard InChI is InChI=1S/C25H23F3N6O2/c1-2-20(35)34-11-14-9-15(34)10-33(14)19-6-4-17-23(32-19)24(30-13-29-17)31-16-3-5-18(22(27)21(16)26)36-12-25(28)7-8-25/h2-6,13-15H,1,7-12H2,(H,29,30,31)/t14-,15-/m0/s1. The van der Waals surface area contributed by atoms with E-state index >= 15 is 0 Å². The molecular formula is C25H23F3N6O2. The number of rotatable bonds is 7. The highest BCUT2D eigenvalue weighted by Crippen LogP contribution is 2.41. The summed E-state index contributed by atoms with van der Waals surface area (Å²) >= 11 is 0. The van der Waals surface area contributed by atoms with E-state index in [4.69, 9.17) is 9.72 Å². The fourth-order valence-corrected chi connectivity index (χ4v) is 4.87. The Morgan fingerprint density at radius 1 is 1.17 bits per heavy atom. The Balaban J connectivity index is 1.25. The molecule has 4 heterocycles. The number of benzene rings is 1. The second kappa shape index (κ2) is 8.35. The number of likely N-dealkylation sites (tertiary alicyclic amines) is 1. The fraction of sp³-hybridized carbons (Fsp3) is 0.360. The molecule has 1 saturated carbocycles. The zero-order valence-corrected chi connectivity index (χ0v) is 19.3. The number of carbonyl (C=O) groups excluding carboxylic acids is 1. The number of hydrogen-bond donors (Lipinski definition) is 1. The van der Waals surface area contributed by atoms with Gasteiger partial charge in [-0.1, -0.05) is 6.58 Å². The Morgan fingerprint density at radius 2 is 2.00 bits per heavy atom. The lowest BCUT2D eigenvalue weighted by Crippen LogP contribution is -2.48. The zero-order chi connectivity index (χ0) is 25.0. The van der Waals surface area contributed by atoms with Crippen LogP contribution in [0.15, 0.2) is 43.2 Å². The third kappa shape index (κ3) is 3.88. The maximum absolute atomic E-state index is 14.8. The minimum atomic E-state index is -1.45. The van der Waals surface area contributed by atoms with E-state index in [9.17, 15) is 18.0 Å². The van der Waals surface area contributed by atoms with Crippen LogP contribution in [-0.2, 0) is 4.79 Å². The second-order valence-corrected chi connectivity index (χ2v) is 9.45. The average Bonchev–Trinajstić information content (AvgIpc) is 3.29. The van der Waals surface area contributed by atoms with Gasteiger partial charge >= 0.3 is 0 Å². The molecule has 186 valence electrons. The predicted octanol–water partition coefficient (Wildman–Crippen LogP) is 3.90. The Morgan fingerprint density at radius 3 is 2.72 bits per heavy atom. The highest BCUT2D eigenvalue weighted by atomic mass is 19.2. The quantitative estimate of drug-likeness (QED) is 0.497. The van der Waals surface area contributed by atoms with Gasteiger partial charge in [-0.15, -0.1) is 0 Å². The lowest BCUT2D eigenvalue weighted by Gasteiger charge is -2.34. The van der Waals surface area contributed by atoms with Crippen LogP contribution in [0.4, 0.5) is 30.5 Å². The first kappa shape index (κ1) is 22.6. The van der Waals surface area contributed by atoms with Crippen molar-refractivity contribution in [3.05, 3.63) is 54.9 Å². The highest BCUT2D eigenvalue weighted by Gasteiger charge is 2.45. The van der Waals surface area contributed by atoms with E-state index in [0.29, 0.717) is 42.8 Å². The van der Waals surface area contributed by atoms with Crippen molar-refractivity contribution in [2.24, 2.45) is 0 Å². The summed E-state index contributed by atoms with van der Waals surface area (Å²) in [6.07, 6.45) is 4.20. The van der Waals surface area contributed by atoms with Crippen LogP contribution in [0.3, 0.4) is 0 Å². The number of anilines is 3. The van der Waals surface area contributed by atoms with Crippen LogP contribution in [0.25, 0.3) is 11.0 Å². The van der Waals surface area contributed by atoms with Crippen LogP contribution >= 0.6 is 0 Å². The molecule has 1 N–H and O–H groups in total. The molecule has 0 unspecified atom stereocenters. The summed E-state index contributed by atoms with van der Waals surface area (Å²) in [6.45, 7) is 4.49. The minimum Gasteiger partial charge on any atom is -0.487 e. The number of pyridine rings is 1. The number of ether oxygens (including phenoxy) is 1. The molecule has 0 spiro atoms. The van der Waals surface area contributed by atoms with Crippen LogP contribution < -0.4 is 15.0 Å². The van der Waals surface area contributed by atoms with Crippen LogP contribution in [0.1, 0.15) is 19.3 Å². The third-order valence-corrected chi connectivity index (χ3v) is 7.04. The molecule has 0 radical (unpaired) electrons. The molecule has 11 heteroatoms. The van der Waals surface area contributed by atoms with Gasteiger partial charge < -0.3 is 19.9 Å². The Kier molecular flexibility index (Phi) is 5.24. The number of aromatic nitrogens is 3. The van der Waals surface area contributed by atoms with E-state index < -0.39 is 17.3 Å². The maximum atomic E-state index is 14.8. The van der Waals surface area contributed by atoms with Crippen LogP contribution in [0.5, 0.6) is 5.75 Å². The predicted molar refractivity (Wildman–Crippen MR) is 127 cm³/mol. The molecule has 1 amide bonds. The van der Waals surface area contributed by atoms with Crippen molar-refractivity contribution < 1.29 is 22.7 Å². The summed E-state index contributed by atoms with van der Waals surface area (Å²) in [6, 6.07) is 6.43. The first-order chi connectivity index (χ1) is 17.3. The topological polar surface area (TPSA) is 83.5 Å². The lowest BCUT2D eigenvalue weighted by molar-refractivity contribution is -0.127. The second-order valence-electron chi connectivity index (χ2n) is 9.45. The van der Waals surface area contributed by atoms with Crippen molar-refractivity contribution in [2.45, 2.75) is 37.0 Å². The largest absolute Gasteiger partial charge is 0.487 e. The van der Waals surface area contributed by atoms with E-state index in [-0.39, 0.29) is 41.9 Å². The molecule has 2 aliphatic heterocycles. The van der Waals surface area contributed by atoms with Gasteiger partial charge in [0.05, 0.1) is 23.3 Å². The molecular weight excluding hydrogens is 473 g/mol. The van der Waals surface area contributed by atoms with Crippen molar-refractivity contribution in [1.29, 1.82) is 0 Å². The SMILES string of the molecule is C=CC(=O)N1C[C@@H]2C[C@H]1CN2c1ccc2ncnc(Nc3ccc(OCC4(F)CC4)c(F)c3F)c2n1. The lowest BCUT2D eigenvalue weighted by atomic mass is 10.2. The molecule has 2 saturated heterocycles. The van der Waals surface area contributed by atoms with E-state index in [1.807, 2.05) is 11.0 Å². The van der Waals surface area contributed by atoms with Crippen molar-refractivity contribution >= 4 is 34.3 Å². The molecule has 3 fully saturated rings. The molecule has 8 nitrogen and oxygen atoms in total. The number of fused-ring (bicyclic) bond motifs is 3. The Labute approximate surface area is 204 Å². The van der Waals surface area contributed by atoms with Gasteiger partial charge in [0.2, 0.25) is 11.7 Å². The zero-order valence-electron chi connectivity index (χ0n) is 19.3. The van der Waals surface area contributed by atoms with Gasteiger partial charge in [-0.05, 0) is 49.6 Å². The number of hydrogen-bond acceptors (Lipinski definition) is 7. The van der Waals surface area contributed by atoms with Crippen molar-refractivity contribution in [3.63, 3.8) is 0 Å². The fourth-order valence-electron chi connectivity index (χ4n) is 4.87. The first-order valence-corrected chi connectivity index (χ1v) is 11.7. The number of carbonyl (C=O) groups is 1. The van der Waals surface area contributed by atoms with Gasteiger partial charge in [-0.3, -0.25) is 4.79 Å². The molecule has 3 aromatic rings. The molecule has 36 heavy (non-hydrogen) atoms. The van der Waals surface area contributed by atoms with Gasteiger partial charge in [0.25, 0.3) is 0 Å². The number of nitrogens with zero attached hydrogens (tertiary/aromatic N) is 5. The van der Waals surface area contributed by atoms with E-state index in [1.54, 1.807) is 6.07 Å². The molecule has 1 aliphatic carbocycles. The number of halogens is 3. The third-order valence-electron chi connectivity index (χ3n) is 7.04. The summed E-state index contributed by atoms with van der Waals surface area (Å²) in [5.74, 6) is -1.89. The van der Waals surface area contributed by atoms with E-state index in [0.717, 1.165) is 6.42 Å². The number of piperazine rings is 1. The van der Waals surface area contributed by atoms with Gasteiger partial charge in [0, 0.05) is 13.1 Å². The van der Waals surface area contributed by atoms with Gasteiger partial charge in [-0.2, -0.15) is 4.39 Å². The van der Waals surface area contributed by atoms with Crippen molar-refractivity contribution in [1.82, 2.24) is 19.9 Å². The maximum Gasteiger partial charge on any atom is 0.246 e. The monoisotopic (exact) mass is 496 g/mol. The highest BCUT2D eigenvalue weighted by molar-refractivity contribution is 5.89. The summed E-state index contributed by atoms with van der Waals surface area (Å²) in [7, 11) is 0. The van der Waals surface area contributed by atoms with Crippen LogP contribution in [0, 0.1) is 11.6 Å². The molecule has 2 aromatic heterocycles. The Bertz CT molecular complexity index is 1380. The van der Waals surface area contributed by atoms with Gasteiger partial charge in [0.15, 0.2) is 17.4 Å². The van der Waals surface area contributed by atoms with E-state index in [1.165, 1.54) is 24.5 Å². The van der Waals surface area contributed by atoms with Gasteiger partial charge in [-0.25, -0.2) is 23.7 Å². The number of amides is 1. The van der Waals surface area contributed by atoms with Crippen molar-refractivity contribution in [2.75, 3.05) is 29.9 Å². The molecule has 2 bridgehead atoms. The number of alkyl halides is 1. The molecule has 3 aliphatic rings. The molecule has 6 rings (SSSR count). The summed E-state index contributed by atoms with van der Waals surface area (Å²) in [4.78, 5) is 29.2. The van der Waals surface area contributed by atoms with Crippen LogP contribution in [-0.4, -0.2) is 63.2 Å². The smallest absolute Gasteiger partial charge is 0.246 e. The summed E-state index contributed by atoms with van der Waals surface area (Å²) < 4.78 is 48.4. The van der Waals surface area contributed by atoms with E-state index in [2.05, 4.69) is 26.8 Å². The normalized spacial score (nSPS) is 21.6. The summed E-state index contributed by atoms with van der Waals surface area (Å²) in [5, 5.41) is 2.81. The average molecular weight is 496 g/mol. The summed E-state index contributed by atoms with van der Waals surface area (Å²) in [5.41, 5.74) is -0.683. The molecule has 2 atom stereocenters. The number of nitrogens with one attached hydrogen (secondary N) is 1. The molecule has 1 aromatic carbocycles. The minimum absolute atomic E-state index is 0.0732. The van der Waals surface area contributed by atoms with Gasteiger partial charge in [0.1, 0.15) is 29.9 Å². The van der Waals surface area contributed by atoms with Crippen LogP contribution in [0.2, 0.25) is 0 Å². The Hall–Kier alpha value is -3.89. The first-order valence-electron chi connectivity index (χ1n) is 11.7. The van der Waals surface area contributed by atoms with Crippen molar-refractivity contribution in [3.8, 4) is 5.75 Å².